The van der Waals surface area contributed by atoms with E-state index in [0.29, 0.717) is 0 Å². The van der Waals surface area contributed by atoms with Gasteiger partial charge in [-0.05, 0) is 42.2 Å². The second kappa shape index (κ2) is 6.72. The Morgan fingerprint density at radius 3 is 2.35 bits per heavy atom. The quantitative estimate of drug-likeness (QED) is 0.609. The van der Waals surface area contributed by atoms with Gasteiger partial charge in [-0.1, -0.05) is 78.9 Å². The molecule has 0 amide bonds. The number of hydrogen-bond acceptors (Lipinski definition) is 0. The molecule has 20 heavy (non-hydrogen) atoms. The lowest BCUT2D eigenvalue weighted by atomic mass is 9.98. The fraction of sp³-hybridized carbons (Fsp3) is 0.100. The summed E-state index contributed by atoms with van der Waals surface area (Å²) in [4.78, 5) is 0. The minimum absolute atomic E-state index is 1.18. The van der Waals surface area contributed by atoms with Gasteiger partial charge >= 0.3 is 0 Å². The fourth-order valence-electron chi connectivity index (χ4n) is 2.26. The van der Waals surface area contributed by atoms with E-state index >= 15 is 0 Å². The predicted molar refractivity (Wildman–Crippen MR) is 89.6 cm³/mol. The largest absolute Gasteiger partial charge is 0.0990 e. The monoisotopic (exact) mass is 260 g/mol. The molecular weight excluding hydrogens is 240 g/mol. The molecule has 0 fully saturated rings. The molecule has 0 atom stereocenters. The van der Waals surface area contributed by atoms with Crippen molar-refractivity contribution >= 4 is 5.57 Å². The van der Waals surface area contributed by atoms with E-state index in [2.05, 4.69) is 74.2 Å². The summed E-state index contributed by atoms with van der Waals surface area (Å²) in [5.41, 5.74) is 6.16. The van der Waals surface area contributed by atoms with Crippen LogP contribution in [0.25, 0.3) is 16.7 Å². The van der Waals surface area contributed by atoms with Crippen LogP contribution in [-0.4, -0.2) is 0 Å². The van der Waals surface area contributed by atoms with Gasteiger partial charge in [-0.3, -0.25) is 0 Å². The maximum atomic E-state index is 3.79. The first-order valence-electron chi connectivity index (χ1n) is 6.87. The molecule has 0 saturated heterocycles. The summed E-state index contributed by atoms with van der Waals surface area (Å²) < 4.78 is 0. The van der Waals surface area contributed by atoms with Crippen LogP contribution in [0.15, 0.2) is 79.4 Å². The normalized spacial score (nSPS) is 11.8. The molecule has 0 bridgehead atoms. The number of hydrogen-bond donors (Lipinski definition) is 0. The Hall–Kier alpha value is -2.34. The Bertz CT molecular complexity index is 657. The highest BCUT2D eigenvalue weighted by molar-refractivity contribution is 5.78. The van der Waals surface area contributed by atoms with Gasteiger partial charge in [0, 0.05) is 0 Å². The maximum absolute atomic E-state index is 3.79. The SMILES string of the molecule is C=C/C=C(\C=C\C)c1cccc(-c2cccc(C)c2)c1. The molecule has 0 aliphatic rings. The van der Waals surface area contributed by atoms with Gasteiger partial charge in [0.05, 0.1) is 0 Å². The minimum atomic E-state index is 1.18. The Kier molecular flexibility index (Phi) is 4.73. The standard InChI is InChI=1S/C20H20/c1-4-8-17(9-5-2)19-12-7-13-20(15-19)18-11-6-10-16(3)14-18/h4-15H,1H2,2-3H3/b9-5+,17-8+. The van der Waals surface area contributed by atoms with Crippen molar-refractivity contribution in [2.24, 2.45) is 0 Å². The van der Waals surface area contributed by atoms with E-state index in [4.69, 9.17) is 0 Å². The van der Waals surface area contributed by atoms with Crippen molar-refractivity contribution in [3.8, 4) is 11.1 Å². The van der Waals surface area contributed by atoms with E-state index in [1.54, 1.807) is 0 Å². The molecule has 2 aromatic rings. The molecule has 0 saturated carbocycles. The molecule has 0 spiro atoms. The Morgan fingerprint density at radius 2 is 1.70 bits per heavy atom. The molecule has 2 rings (SSSR count). The maximum Gasteiger partial charge on any atom is -0.0178 e. The Labute approximate surface area is 121 Å². The van der Waals surface area contributed by atoms with Crippen LogP contribution < -0.4 is 0 Å². The number of benzene rings is 2. The van der Waals surface area contributed by atoms with Gasteiger partial charge in [-0.25, -0.2) is 0 Å². The van der Waals surface area contributed by atoms with Crippen molar-refractivity contribution < 1.29 is 0 Å². The molecule has 0 radical (unpaired) electrons. The van der Waals surface area contributed by atoms with Crippen LogP contribution in [0.5, 0.6) is 0 Å². The summed E-state index contributed by atoms with van der Waals surface area (Å²) in [5, 5.41) is 0. The molecular formula is C20H20. The van der Waals surface area contributed by atoms with Crippen molar-refractivity contribution in [3.63, 3.8) is 0 Å². The molecule has 0 aliphatic carbocycles. The van der Waals surface area contributed by atoms with E-state index < -0.39 is 0 Å². The van der Waals surface area contributed by atoms with Crippen LogP contribution >= 0.6 is 0 Å². The third kappa shape index (κ3) is 3.36. The van der Waals surface area contributed by atoms with Crippen LogP contribution in [-0.2, 0) is 0 Å². The Morgan fingerprint density at radius 1 is 1.00 bits per heavy atom. The van der Waals surface area contributed by atoms with Gasteiger partial charge in [0.2, 0.25) is 0 Å². The lowest BCUT2D eigenvalue weighted by molar-refractivity contribution is 1.46. The van der Waals surface area contributed by atoms with Crippen molar-refractivity contribution in [2.45, 2.75) is 13.8 Å². The number of rotatable bonds is 4. The Balaban J connectivity index is 2.47. The van der Waals surface area contributed by atoms with E-state index in [9.17, 15) is 0 Å². The lowest BCUT2D eigenvalue weighted by Crippen LogP contribution is -1.84. The first kappa shape index (κ1) is 14.1. The average molecular weight is 260 g/mol. The summed E-state index contributed by atoms with van der Waals surface area (Å²) in [5.74, 6) is 0. The van der Waals surface area contributed by atoms with Gasteiger partial charge in [-0.15, -0.1) is 0 Å². The van der Waals surface area contributed by atoms with Gasteiger partial charge in [-0.2, -0.15) is 0 Å². The first-order chi connectivity index (χ1) is 9.74. The highest BCUT2D eigenvalue weighted by atomic mass is 14.1. The third-order valence-electron chi connectivity index (χ3n) is 3.19. The van der Waals surface area contributed by atoms with Crippen molar-refractivity contribution in [1.29, 1.82) is 0 Å². The summed E-state index contributed by atoms with van der Waals surface area (Å²) in [6.07, 6.45) is 8.02. The molecule has 0 heteroatoms. The summed E-state index contributed by atoms with van der Waals surface area (Å²) >= 11 is 0. The highest BCUT2D eigenvalue weighted by Crippen LogP contribution is 2.25. The molecule has 0 unspecified atom stereocenters. The predicted octanol–water partition coefficient (Wildman–Crippen LogP) is 5.81. The van der Waals surface area contributed by atoms with Crippen LogP contribution in [0.4, 0.5) is 0 Å². The van der Waals surface area contributed by atoms with Gasteiger partial charge in [0.15, 0.2) is 0 Å². The zero-order valence-electron chi connectivity index (χ0n) is 12.1. The van der Waals surface area contributed by atoms with Crippen LogP contribution in [0.3, 0.4) is 0 Å². The lowest BCUT2D eigenvalue weighted by Gasteiger charge is -2.07. The second-order valence-electron chi connectivity index (χ2n) is 4.81. The summed E-state index contributed by atoms with van der Waals surface area (Å²) in [6.45, 7) is 7.94. The van der Waals surface area contributed by atoms with Crippen molar-refractivity contribution in [1.82, 2.24) is 0 Å². The number of allylic oxidation sites excluding steroid dienone is 5. The fourth-order valence-corrected chi connectivity index (χ4v) is 2.26. The van der Waals surface area contributed by atoms with Crippen LogP contribution in [0.2, 0.25) is 0 Å². The molecule has 2 aromatic carbocycles. The summed E-state index contributed by atoms with van der Waals surface area (Å²) in [6, 6.07) is 17.2. The molecule has 0 nitrogen and oxygen atoms in total. The third-order valence-corrected chi connectivity index (χ3v) is 3.19. The van der Waals surface area contributed by atoms with E-state index in [1.165, 1.54) is 27.8 Å². The molecule has 0 aromatic heterocycles. The molecule has 0 heterocycles. The zero-order valence-corrected chi connectivity index (χ0v) is 12.1. The van der Waals surface area contributed by atoms with Gasteiger partial charge in [0.25, 0.3) is 0 Å². The minimum Gasteiger partial charge on any atom is -0.0990 e. The van der Waals surface area contributed by atoms with Crippen molar-refractivity contribution in [2.75, 3.05) is 0 Å². The van der Waals surface area contributed by atoms with E-state index in [0.717, 1.165) is 0 Å². The van der Waals surface area contributed by atoms with Crippen molar-refractivity contribution in [3.05, 3.63) is 90.5 Å². The summed E-state index contributed by atoms with van der Waals surface area (Å²) in [7, 11) is 0. The van der Waals surface area contributed by atoms with Crippen LogP contribution in [0, 0.1) is 6.92 Å². The topological polar surface area (TPSA) is 0 Å². The van der Waals surface area contributed by atoms with Gasteiger partial charge in [0.1, 0.15) is 0 Å². The average Bonchev–Trinajstić information content (AvgIpc) is 2.47. The first-order valence-corrected chi connectivity index (χ1v) is 6.87. The van der Waals surface area contributed by atoms with Gasteiger partial charge < -0.3 is 0 Å². The van der Waals surface area contributed by atoms with E-state index in [-0.39, 0.29) is 0 Å². The molecule has 100 valence electrons. The van der Waals surface area contributed by atoms with E-state index in [1.807, 2.05) is 19.1 Å². The molecule has 0 N–H and O–H groups in total. The smallest absolute Gasteiger partial charge is 0.0178 e. The van der Waals surface area contributed by atoms with Crippen LogP contribution in [0.1, 0.15) is 18.1 Å². The highest BCUT2D eigenvalue weighted by Gasteiger charge is 2.01. The second-order valence-corrected chi connectivity index (χ2v) is 4.81. The number of aryl methyl sites for hydroxylation is 1. The molecule has 0 aliphatic heterocycles. The zero-order chi connectivity index (χ0) is 14.4.